The lowest BCUT2D eigenvalue weighted by molar-refractivity contribution is 0.0270. The number of carbonyl (C=O) groups is 1. The fourth-order valence-corrected chi connectivity index (χ4v) is 3.23. The summed E-state index contributed by atoms with van der Waals surface area (Å²) in [7, 11) is 0. The van der Waals surface area contributed by atoms with E-state index in [1.54, 1.807) is 11.1 Å². The Hall–Kier alpha value is -3.55. The fraction of sp³-hybridized carbons (Fsp3) is 0.348. The van der Waals surface area contributed by atoms with Gasteiger partial charge in [-0.05, 0) is 51.8 Å². The Morgan fingerprint density at radius 2 is 1.94 bits per heavy atom. The van der Waals surface area contributed by atoms with Crippen molar-refractivity contribution in [2.45, 2.75) is 39.7 Å². The zero-order valence-electron chi connectivity index (χ0n) is 18.1. The molecular formula is C23H25N5O3. The summed E-state index contributed by atoms with van der Waals surface area (Å²) in [6, 6.07) is 9.59. The number of carbonyl (C=O) groups excluding carboxylic acids is 1. The molecular weight excluding hydrogens is 394 g/mol. The van der Waals surface area contributed by atoms with Crippen molar-refractivity contribution >= 4 is 11.7 Å². The van der Waals surface area contributed by atoms with Gasteiger partial charge in [0.1, 0.15) is 11.3 Å². The Kier molecular flexibility index (Phi) is 5.54. The number of benzene rings is 1. The van der Waals surface area contributed by atoms with Crippen LogP contribution in [0.3, 0.4) is 0 Å². The second kappa shape index (κ2) is 8.29. The molecule has 3 heterocycles. The van der Waals surface area contributed by atoms with Gasteiger partial charge in [-0.1, -0.05) is 29.4 Å². The molecule has 0 radical (unpaired) electrons. The van der Waals surface area contributed by atoms with Crippen LogP contribution in [0.4, 0.5) is 4.79 Å². The van der Waals surface area contributed by atoms with Crippen LogP contribution in [0.15, 0.2) is 47.1 Å². The van der Waals surface area contributed by atoms with Crippen molar-refractivity contribution in [1.82, 2.24) is 25.0 Å². The van der Waals surface area contributed by atoms with Gasteiger partial charge in [0.15, 0.2) is 0 Å². The Balaban J connectivity index is 1.54. The maximum Gasteiger partial charge on any atom is 0.410 e. The van der Waals surface area contributed by atoms with Gasteiger partial charge in [-0.2, -0.15) is 4.98 Å². The molecule has 8 heteroatoms. The van der Waals surface area contributed by atoms with Crippen molar-refractivity contribution in [3.05, 3.63) is 54.0 Å². The molecule has 1 amide bonds. The second-order valence-electron chi connectivity index (χ2n) is 8.38. The summed E-state index contributed by atoms with van der Waals surface area (Å²) < 4.78 is 10.9. The molecule has 0 fully saturated rings. The Labute approximate surface area is 181 Å². The van der Waals surface area contributed by atoms with Crippen LogP contribution >= 0.6 is 0 Å². The third-order valence-electron chi connectivity index (χ3n) is 4.80. The van der Waals surface area contributed by atoms with Gasteiger partial charge < -0.3 is 14.2 Å². The molecule has 3 aromatic rings. The van der Waals surface area contributed by atoms with Gasteiger partial charge in [0.25, 0.3) is 5.89 Å². The zero-order valence-corrected chi connectivity index (χ0v) is 18.1. The summed E-state index contributed by atoms with van der Waals surface area (Å²) in [5.74, 6) is 0.838. The summed E-state index contributed by atoms with van der Waals surface area (Å²) in [4.78, 5) is 27.7. The topological polar surface area (TPSA) is 94.2 Å². The SMILES string of the molecule is Cc1ncc(C2=CCN(C(=O)OC(C)(C)C)CC2)nc1-c1noc(-c2ccccc2)n1. The highest BCUT2D eigenvalue weighted by Gasteiger charge is 2.25. The maximum atomic E-state index is 12.3. The average Bonchev–Trinajstić information content (AvgIpc) is 3.24. The third-order valence-corrected chi connectivity index (χ3v) is 4.80. The van der Waals surface area contributed by atoms with Crippen LogP contribution in [0.5, 0.6) is 0 Å². The number of amides is 1. The molecule has 2 aromatic heterocycles. The molecule has 4 rings (SSSR count). The average molecular weight is 419 g/mol. The van der Waals surface area contributed by atoms with E-state index in [1.807, 2.05) is 64.1 Å². The number of rotatable bonds is 3. The molecule has 0 bridgehead atoms. The van der Waals surface area contributed by atoms with Crippen molar-refractivity contribution in [3.63, 3.8) is 0 Å². The predicted octanol–water partition coefficient (Wildman–Crippen LogP) is 4.53. The van der Waals surface area contributed by atoms with Crippen LogP contribution in [-0.4, -0.2) is 49.8 Å². The fourth-order valence-electron chi connectivity index (χ4n) is 3.23. The molecule has 0 aliphatic carbocycles. The van der Waals surface area contributed by atoms with Crippen molar-refractivity contribution in [2.75, 3.05) is 13.1 Å². The molecule has 31 heavy (non-hydrogen) atoms. The number of aryl methyl sites for hydroxylation is 1. The highest BCUT2D eigenvalue weighted by molar-refractivity contribution is 5.72. The van der Waals surface area contributed by atoms with Crippen LogP contribution in [0.2, 0.25) is 0 Å². The van der Waals surface area contributed by atoms with Gasteiger partial charge >= 0.3 is 6.09 Å². The molecule has 1 aromatic carbocycles. The van der Waals surface area contributed by atoms with Crippen LogP contribution in [0.25, 0.3) is 28.5 Å². The highest BCUT2D eigenvalue weighted by Crippen LogP contribution is 2.26. The van der Waals surface area contributed by atoms with Crippen LogP contribution in [0.1, 0.15) is 38.6 Å². The number of hydrogen-bond acceptors (Lipinski definition) is 7. The molecule has 0 spiro atoms. The van der Waals surface area contributed by atoms with E-state index in [4.69, 9.17) is 14.2 Å². The minimum atomic E-state index is -0.512. The van der Waals surface area contributed by atoms with Gasteiger partial charge in [-0.3, -0.25) is 4.98 Å². The van der Waals surface area contributed by atoms with E-state index in [1.165, 1.54) is 0 Å². The molecule has 0 unspecified atom stereocenters. The van der Waals surface area contributed by atoms with Gasteiger partial charge in [-0.15, -0.1) is 0 Å². The molecule has 1 aliphatic heterocycles. The van der Waals surface area contributed by atoms with Gasteiger partial charge in [0, 0.05) is 18.7 Å². The first-order valence-electron chi connectivity index (χ1n) is 10.2. The van der Waals surface area contributed by atoms with Gasteiger partial charge in [0.2, 0.25) is 5.82 Å². The predicted molar refractivity (Wildman–Crippen MR) is 116 cm³/mol. The van der Waals surface area contributed by atoms with E-state index in [2.05, 4.69) is 15.1 Å². The molecule has 8 nitrogen and oxygen atoms in total. The van der Waals surface area contributed by atoms with Crippen molar-refractivity contribution in [2.24, 2.45) is 0 Å². The highest BCUT2D eigenvalue weighted by atomic mass is 16.6. The van der Waals surface area contributed by atoms with Crippen LogP contribution in [-0.2, 0) is 4.74 Å². The normalized spacial score (nSPS) is 14.3. The standard InChI is InChI=1S/C23H25N5O3/c1-15-19(20-26-21(31-27-20)17-8-6-5-7-9-17)25-18(14-24-15)16-10-12-28(13-11-16)22(29)30-23(2,3)4/h5-10,14H,11-13H2,1-4H3. The van der Waals surface area contributed by atoms with E-state index in [0.717, 1.165) is 22.5 Å². The van der Waals surface area contributed by atoms with Gasteiger partial charge in [-0.25, -0.2) is 9.78 Å². The number of nitrogens with zero attached hydrogens (tertiary/aromatic N) is 5. The Morgan fingerprint density at radius 3 is 2.61 bits per heavy atom. The zero-order chi connectivity index (χ0) is 22.0. The first-order chi connectivity index (χ1) is 14.8. The quantitative estimate of drug-likeness (QED) is 0.616. The molecule has 1 aliphatic rings. The summed E-state index contributed by atoms with van der Waals surface area (Å²) in [5.41, 5.74) is 3.41. The smallest absolute Gasteiger partial charge is 0.410 e. The lowest BCUT2D eigenvalue weighted by Gasteiger charge is -2.29. The van der Waals surface area contributed by atoms with Crippen molar-refractivity contribution in [1.29, 1.82) is 0 Å². The van der Waals surface area contributed by atoms with Crippen molar-refractivity contribution < 1.29 is 14.1 Å². The number of hydrogen-bond donors (Lipinski definition) is 0. The summed E-state index contributed by atoms with van der Waals surface area (Å²) in [6.45, 7) is 8.48. The maximum absolute atomic E-state index is 12.3. The van der Waals surface area contributed by atoms with E-state index >= 15 is 0 Å². The van der Waals surface area contributed by atoms with Crippen LogP contribution in [0, 0.1) is 6.92 Å². The Bertz CT molecular complexity index is 1120. The molecule has 0 N–H and O–H groups in total. The molecule has 0 atom stereocenters. The number of ether oxygens (including phenoxy) is 1. The number of aromatic nitrogens is 4. The summed E-state index contributed by atoms with van der Waals surface area (Å²) in [5, 5.41) is 4.10. The summed E-state index contributed by atoms with van der Waals surface area (Å²) >= 11 is 0. The van der Waals surface area contributed by atoms with Crippen LogP contribution < -0.4 is 0 Å². The molecule has 0 saturated heterocycles. The lowest BCUT2D eigenvalue weighted by atomic mass is 10.1. The van der Waals surface area contributed by atoms with Crippen molar-refractivity contribution in [3.8, 4) is 23.0 Å². The van der Waals surface area contributed by atoms with E-state index in [-0.39, 0.29) is 6.09 Å². The summed E-state index contributed by atoms with van der Waals surface area (Å²) in [6.07, 6.45) is 4.09. The Morgan fingerprint density at radius 1 is 1.16 bits per heavy atom. The first kappa shape index (κ1) is 20.7. The minimum Gasteiger partial charge on any atom is -0.444 e. The second-order valence-corrected chi connectivity index (χ2v) is 8.38. The molecule has 160 valence electrons. The lowest BCUT2D eigenvalue weighted by Crippen LogP contribution is -2.39. The van der Waals surface area contributed by atoms with Gasteiger partial charge in [0.05, 0.1) is 17.6 Å². The minimum absolute atomic E-state index is 0.307. The third kappa shape index (κ3) is 4.79. The monoisotopic (exact) mass is 419 g/mol. The van der Waals surface area contributed by atoms with E-state index < -0.39 is 5.60 Å². The molecule has 0 saturated carbocycles. The largest absolute Gasteiger partial charge is 0.444 e. The van der Waals surface area contributed by atoms with E-state index in [9.17, 15) is 4.79 Å². The van der Waals surface area contributed by atoms with E-state index in [0.29, 0.717) is 36.9 Å². The first-order valence-corrected chi connectivity index (χ1v) is 10.2.